The number of hydrogen-bond acceptors (Lipinski definition) is 3. The van der Waals surface area contributed by atoms with Crippen LogP contribution in [0.3, 0.4) is 0 Å². The first-order valence-electron chi connectivity index (χ1n) is 10.3. The van der Waals surface area contributed by atoms with Gasteiger partial charge in [0, 0.05) is 19.4 Å². The summed E-state index contributed by atoms with van der Waals surface area (Å²) in [6, 6.07) is 16.4. The van der Waals surface area contributed by atoms with Gasteiger partial charge >= 0.3 is 0 Å². The lowest BCUT2D eigenvalue weighted by Gasteiger charge is -2.19. The van der Waals surface area contributed by atoms with Crippen molar-refractivity contribution in [3.05, 3.63) is 59.9 Å². The number of carbonyl (C=O) groups is 1. The topological polar surface area (TPSA) is 56.2 Å². The maximum atomic E-state index is 11.5. The summed E-state index contributed by atoms with van der Waals surface area (Å²) in [5.74, 6) is 1.91. The number of nitrogens with zero attached hydrogens (tertiary/aromatic N) is 2. The minimum atomic E-state index is 0.0645. The molecule has 0 atom stereocenters. The highest BCUT2D eigenvalue weighted by atomic mass is 16.5. The first kappa shape index (κ1) is 20.9. The van der Waals surface area contributed by atoms with Gasteiger partial charge in [-0.05, 0) is 35.2 Å². The van der Waals surface area contributed by atoms with Crippen molar-refractivity contribution in [1.82, 2.24) is 14.9 Å². The molecule has 2 aromatic carbocycles. The Morgan fingerprint density at radius 1 is 1.10 bits per heavy atom. The molecule has 0 saturated heterocycles. The Balaban J connectivity index is 1.67. The monoisotopic (exact) mass is 393 g/mol. The Labute approximate surface area is 173 Å². The van der Waals surface area contributed by atoms with Crippen LogP contribution in [0.25, 0.3) is 11.0 Å². The van der Waals surface area contributed by atoms with E-state index in [1.807, 2.05) is 37.3 Å². The van der Waals surface area contributed by atoms with Crippen LogP contribution in [0.2, 0.25) is 0 Å². The lowest BCUT2D eigenvalue weighted by molar-refractivity contribution is -0.120. The summed E-state index contributed by atoms with van der Waals surface area (Å²) in [6.45, 7) is 10.3. The van der Waals surface area contributed by atoms with Gasteiger partial charge in [0.05, 0.1) is 17.6 Å². The van der Waals surface area contributed by atoms with Gasteiger partial charge < -0.3 is 14.6 Å². The van der Waals surface area contributed by atoms with E-state index in [2.05, 4.69) is 48.9 Å². The zero-order chi connectivity index (χ0) is 20.9. The van der Waals surface area contributed by atoms with E-state index in [4.69, 9.17) is 9.72 Å². The average molecular weight is 394 g/mol. The number of rotatable bonds is 8. The molecular formula is C24H31N3O2. The van der Waals surface area contributed by atoms with Gasteiger partial charge in [-0.25, -0.2) is 4.98 Å². The summed E-state index contributed by atoms with van der Waals surface area (Å²) in [7, 11) is 0. The highest BCUT2D eigenvalue weighted by molar-refractivity contribution is 5.76. The third kappa shape index (κ3) is 5.37. The summed E-state index contributed by atoms with van der Waals surface area (Å²) in [5, 5.41) is 2.93. The van der Waals surface area contributed by atoms with Crippen LogP contribution in [0.15, 0.2) is 48.5 Å². The van der Waals surface area contributed by atoms with Crippen molar-refractivity contribution in [3.63, 3.8) is 0 Å². The number of nitrogens with one attached hydrogen (secondary N) is 1. The second kappa shape index (κ2) is 9.12. The van der Waals surface area contributed by atoms with E-state index in [1.54, 1.807) is 0 Å². The molecular weight excluding hydrogens is 362 g/mol. The smallest absolute Gasteiger partial charge is 0.219 e. The zero-order valence-corrected chi connectivity index (χ0v) is 17.9. The highest BCUT2D eigenvalue weighted by Crippen LogP contribution is 2.24. The van der Waals surface area contributed by atoms with Crippen molar-refractivity contribution in [1.29, 1.82) is 0 Å². The van der Waals surface area contributed by atoms with E-state index in [0.29, 0.717) is 32.5 Å². The minimum Gasteiger partial charge on any atom is -0.492 e. The molecule has 0 radical (unpaired) electrons. The first-order chi connectivity index (χ1) is 13.9. The third-order valence-electron chi connectivity index (χ3n) is 5.03. The molecule has 0 aliphatic rings. The maximum absolute atomic E-state index is 11.5. The lowest BCUT2D eigenvalue weighted by Crippen LogP contribution is -2.25. The largest absolute Gasteiger partial charge is 0.492 e. The van der Waals surface area contributed by atoms with Crippen LogP contribution in [0, 0.1) is 0 Å². The molecule has 0 bridgehead atoms. The maximum Gasteiger partial charge on any atom is 0.219 e. The summed E-state index contributed by atoms with van der Waals surface area (Å²) in [6.07, 6.45) is 1.19. The normalized spacial score (nSPS) is 11.6. The van der Waals surface area contributed by atoms with Gasteiger partial charge in [0.15, 0.2) is 0 Å². The van der Waals surface area contributed by atoms with E-state index in [1.165, 1.54) is 5.56 Å². The number of ether oxygens (including phenoxy) is 1. The minimum absolute atomic E-state index is 0.0645. The van der Waals surface area contributed by atoms with Gasteiger partial charge in [-0.15, -0.1) is 0 Å². The number of amides is 1. The number of imidazole rings is 1. The van der Waals surface area contributed by atoms with Gasteiger partial charge in [0.25, 0.3) is 0 Å². The molecule has 0 unspecified atom stereocenters. The molecule has 1 N–H and O–H groups in total. The predicted octanol–water partition coefficient (Wildman–Crippen LogP) is 4.48. The van der Waals surface area contributed by atoms with Crippen molar-refractivity contribution < 1.29 is 9.53 Å². The van der Waals surface area contributed by atoms with Crippen LogP contribution in [0.4, 0.5) is 0 Å². The molecule has 154 valence electrons. The quantitative estimate of drug-likeness (QED) is 0.614. The Morgan fingerprint density at radius 3 is 2.52 bits per heavy atom. The fourth-order valence-corrected chi connectivity index (χ4v) is 3.31. The molecule has 0 fully saturated rings. The fraction of sp³-hybridized carbons (Fsp3) is 0.417. The van der Waals surface area contributed by atoms with Gasteiger partial charge in [-0.3, -0.25) is 4.79 Å². The van der Waals surface area contributed by atoms with Crippen LogP contribution in [-0.2, 0) is 23.2 Å². The Kier molecular flexibility index (Phi) is 6.57. The van der Waals surface area contributed by atoms with Crippen LogP contribution in [-0.4, -0.2) is 28.6 Å². The molecule has 29 heavy (non-hydrogen) atoms. The van der Waals surface area contributed by atoms with Crippen molar-refractivity contribution in [3.8, 4) is 5.75 Å². The Bertz CT molecular complexity index is 952. The second-order valence-corrected chi connectivity index (χ2v) is 8.24. The lowest BCUT2D eigenvalue weighted by atomic mass is 9.87. The average Bonchev–Trinajstić information content (AvgIpc) is 3.05. The Morgan fingerprint density at radius 2 is 1.83 bits per heavy atom. The van der Waals surface area contributed by atoms with E-state index in [9.17, 15) is 4.79 Å². The summed E-state index contributed by atoms with van der Waals surface area (Å²) in [4.78, 5) is 16.3. The number of benzene rings is 2. The summed E-state index contributed by atoms with van der Waals surface area (Å²) >= 11 is 0. The molecule has 0 aliphatic carbocycles. The number of aromatic nitrogens is 2. The number of carbonyl (C=O) groups excluding carboxylic acids is 1. The SMILES string of the molecule is CCC(=O)NCCc1nc2ccccc2n1CCOc1ccc(C(C)(C)C)cc1. The van der Waals surface area contributed by atoms with Crippen LogP contribution >= 0.6 is 0 Å². The Hall–Kier alpha value is -2.82. The van der Waals surface area contributed by atoms with Crippen LogP contribution < -0.4 is 10.1 Å². The van der Waals surface area contributed by atoms with Crippen molar-refractivity contribution >= 4 is 16.9 Å². The molecule has 1 amide bonds. The van der Waals surface area contributed by atoms with E-state index in [-0.39, 0.29) is 11.3 Å². The van der Waals surface area contributed by atoms with Gasteiger partial charge in [0.2, 0.25) is 5.91 Å². The molecule has 1 aromatic heterocycles. The first-order valence-corrected chi connectivity index (χ1v) is 10.3. The zero-order valence-electron chi connectivity index (χ0n) is 17.9. The predicted molar refractivity (Wildman–Crippen MR) is 117 cm³/mol. The molecule has 3 rings (SSSR count). The van der Waals surface area contributed by atoms with E-state index >= 15 is 0 Å². The third-order valence-corrected chi connectivity index (χ3v) is 5.03. The standard InChI is InChI=1S/C24H31N3O2/c1-5-23(28)25-15-14-22-26-20-8-6-7-9-21(20)27(22)16-17-29-19-12-10-18(11-13-19)24(2,3)4/h6-13H,5,14-17H2,1-4H3,(H,25,28). The molecule has 0 saturated carbocycles. The van der Waals surface area contributed by atoms with Gasteiger partial charge in [-0.1, -0.05) is 52.0 Å². The van der Waals surface area contributed by atoms with Gasteiger partial charge in [-0.2, -0.15) is 0 Å². The van der Waals surface area contributed by atoms with E-state index < -0.39 is 0 Å². The number of hydrogen-bond donors (Lipinski definition) is 1. The molecule has 5 nitrogen and oxygen atoms in total. The van der Waals surface area contributed by atoms with Crippen LogP contribution in [0.5, 0.6) is 5.75 Å². The summed E-state index contributed by atoms with van der Waals surface area (Å²) in [5.41, 5.74) is 3.49. The second-order valence-electron chi connectivity index (χ2n) is 8.24. The highest BCUT2D eigenvalue weighted by Gasteiger charge is 2.13. The van der Waals surface area contributed by atoms with Crippen molar-refractivity contribution in [2.75, 3.05) is 13.2 Å². The molecule has 3 aromatic rings. The molecule has 0 spiro atoms. The van der Waals surface area contributed by atoms with Crippen LogP contribution in [0.1, 0.15) is 45.5 Å². The summed E-state index contributed by atoms with van der Waals surface area (Å²) < 4.78 is 8.18. The van der Waals surface area contributed by atoms with Crippen molar-refractivity contribution in [2.24, 2.45) is 0 Å². The number of para-hydroxylation sites is 2. The van der Waals surface area contributed by atoms with Gasteiger partial charge in [0.1, 0.15) is 18.2 Å². The molecule has 1 heterocycles. The molecule has 0 aliphatic heterocycles. The molecule has 5 heteroatoms. The number of fused-ring (bicyclic) bond motifs is 1. The van der Waals surface area contributed by atoms with Crippen molar-refractivity contribution in [2.45, 2.75) is 52.5 Å². The fourth-order valence-electron chi connectivity index (χ4n) is 3.31. The van der Waals surface area contributed by atoms with E-state index in [0.717, 1.165) is 22.6 Å².